The van der Waals surface area contributed by atoms with Gasteiger partial charge in [0.25, 0.3) is 5.91 Å². The highest BCUT2D eigenvalue weighted by atomic mass is 16.2. The Morgan fingerprint density at radius 3 is 2.67 bits per heavy atom. The summed E-state index contributed by atoms with van der Waals surface area (Å²) < 4.78 is 0. The van der Waals surface area contributed by atoms with E-state index in [1.807, 2.05) is 19.9 Å². The van der Waals surface area contributed by atoms with Crippen molar-refractivity contribution in [3.8, 4) is 0 Å². The van der Waals surface area contributed by atoms with Crippen LogP contribution in [0.2, 0.25) is 0 Å². The van der Waals surface area contributed by atoms with Crippen LogP contribution in [-0.4, -0.2) is 30.2 Å². The van der Waals surface area contributed by atoms with E-state index in [1.165, 1.54) is 0 Å². The molecule has 1 amide bonds. The number of carbonyl (C=O) groups is 2. The average Bonchev–Trinajstić information content (AvgIpc) is 2.36. The number of aryl methyl sites for hydroxylation is 1. The molecule has 1 aromatic rings. The predicted octanol–water partition coefficient (Wildman–Crippen LogP) is 3.07. The third-order valence-electron chi connectivity index (χ3n) is 3.33. The molecule has 0 saturated carbocycles. The van der Waals surface area contributed by atoms with Crippen molar-refractivity contribution >= 4 is 12.2 Å². The standard InChI is InChI=1S/C15H21NO2/c1-5-7-12(3)16(4)15(18)14-11(2)8-6-9-13(14)10-17/h6,8-10,12H,5,7H2,1-4H3. The van der Waals surface area contributed by atoms with E-state index in [-0.39, 0.29) is 11.9 Å². The van der Waals surface area contributed by atoms with E-state index in [9.17, 15) is 9.59 Å². The highest BCUT2D eigenvalue weighted by Crippen LogP contribution is 2.17. The van der Waals surface area contributed by atoms with Gasteiger partial charge in [-0.1, -0.05) is 31.5 Å². The zero-order valence-electron chi connectivity index (χ0n) is 11.6. The normalized spacial score (nSPS) is 12.0. The summed E-state index contributed by atoms with van der Waals surface area (Å²) in [4.78, 5) is 25.2. The van der Waals surface area contributed by atoms with Crippen molar-refractivity contribution < 1.29 is 9.59 Å². The first-order valence-electron chi connectivity index (χ1n) is 6.34. The Morgan fingerprint density at radius 2 is 2.11 bits per heavy atom. The fourth-order valence-corrected chi connectivity index (χ4v) is 2.07. The molecule has 1 aromatic carbocycles. The van der Waals surface area contributed by atoms with E-state index in [0.29, 0.717) is 11.1 Å². The van der Waals surface area contributed by atoms with Gasteiger partial charge in [0.2, 0.25) is 0 Å². The van der Waals surface area contributed by atoms with Crippen LogP contribution in [0.5, 0.6) is 0 Å². The Kier molecular flexibility index (Phi) is 5.08. The van der Waals surface area contributed by atoms with Crippen molar-refractivity contribution in [1.29, 1.82) is 0 Å². The molecule has 0 saturated heterocycles. The van der Waals surface area contributed by atoms with Gasteiger partial charge in [-0.05, 0) is 25.8 Å². The van der Waals surface area contributed by atoms with Crippen molar-refractivity contribution in [2.45, 2.75) is 39.7 Å². The Morgan fingerprint density at radius 1 is 1.44 bits per heavy atom. The van der Waals surface area contributed by atoms with Crippen LogP contribution in [0.3, 0.4) is 0 Å². The fourth-order valence-electron chi connectivity index (χ4n) is 2.07. The van der Waals surface area contributed by atoms with Crippen LogP contribution in [0.4, 0.5) is 0 Å². The summed E-state index contributed by atoms with van der Waals surface area (Å²) in [6.45, 7) is 5.98. The van der Waals surface area contributed by atoms with Gasteiger partial charge in [0.15, 0.2) is 6.29 Å². The maximum Gasteiger partial charge on any atom is 0.254 e. The van der Waals surface area contributed by atoms with Crippen molar-refractivity contribution in [1.82, 2.24) is 4.90 Å². The molecule has 1 rings (SSSR count). The lowest BCUT2D eigenvalue weighted by atomic mass is 10.0. The van der Waals surface area contributed by atoms with Gasteiger partial charge >= 0.3 is 0 Å². The number of benzene rings is 1. The second kappa shape index (κ2) is 6.34. The molecule has 0 aromatic heterocycles. The molecular formula is C15H21NO2. The number of amides is 1. The van der Waals surface area contributed by atoms with Gasteiger partial charge in [-0.3, -0.25) is 9.59 Å². The predicted molar refractivity (Wildman–Crippen MR) is 73.0 cm³/mol. The van der Waals surface area contributed by atoms with Crippen LogP contribution in [0.1, 0.15) is 53.0 Å². The Bertz CT molecular complexity index is 440. The monoisotopic (exact) mass is 247 g/mol. The van der Waals surface area contributed by atoms with Crippen LogP contribution in [0.25, 0.3) is 0 Å². The molecule has 0 bridgehead atoms. The van der Waals surface area contributed by atoms with Crippen LogP contribution >= 0.6 is 0 Å². The average molecular weight is 247 g/mol. The van der Waals surface area contributed by atoms with E-state index in [4.69, 9.17) is 0 Å². The summed E-state index contributed by atoms with van der Waals surface area (Å²) in [5.41, 5.74) is 1.84. The first-order valence-corrected chi connectivity index (χ1v) is 6.34. The molecule has 0 aliphatic rings. The van der Waals surface area contributed by atoms with Gasteiger partial charge in [0, 0.05) is 18.7 Å². The largest absolute Gasteiger partial charge is 0.339 e. The summed E-state index contributed by atoms with van der Waals surface area (Å²) in [6.07, 6.45) is 2.75. The molecule has 0 aliphatic heterocycles. The third kappa shape index (κ3) is 2.97. The van der Waals surface area contributed by atoms with Gasteiger partial charge in [-0.25, -0.2) is 0 Å². The lowest BCUT2D eigenvalue weighted by molar-refractivity contribution is 0.0733. The Labute approximate surface area is 109 Å². The summed E-state index contributed by atoms with van der Waals surface area (Å²) in [5.74, 6) is -0.0730. The maximum atomic E-state index is 12.4. The Hall–Kier alpha value is -1.64. The first-order chi connectivity index (χ1) is 8.52. The highest BCUT2D eigenvalue weighted by molar-refractivity contribution is 6.02. The van der Waals surface area contributed by atoms with E-state index >= 15 is 0 Å². The van der Waals surface area contributed by atoms with Crippen molar-refractivity contribution in [2.24, 2.45) is 0 Å². The number of aldehydes is 1. The van der Waals surface area contributed by atoms with Crippen LogP contribution in [-0.2, 0) is 0 Å². The summed E-state index contributed by atoms with van der Waals surface area (Å²) in [5, 5.41) is 0. The van der Waals surface area contributed by atoms with E-state index in [2.05, 4.69) is 6.92 Å². The maximum absolute atomic E-state index is 12.4. The van der Waals surface area contributed by atoms with Gasteiger partial charge in [-0.15, -0.1) is 0 Å². The smallest absolute Gasteiger partial charge is 0.254 e. The first kappa shape index (κ1) is 14.4. The SMILES string of the molecule is CCCC(C)N(C)C(=O)c1c(C)cccc1C=O. The number of hydrogen-bond donors (Lipinski definition) is 0. The molecule has 98 valence electrons. The van der Waals surface area contributed by atoms with E-state index in [1.54, 1.807) is 24.1 Å². The molecule has 0 N–H and O–H groups in total. The minimum atomic E-state index is -0.0730. The van der Waals surface area contributed by atoms with Gasteiger partial charge < -0.3 is 4.90 Å². The number of rotatable bonds is 5. The van der Waals surface area contributed by atoms with Crippen LogP contribution in [0.15, 0.2) is 18.2 Å². The zero-order chi connectivity index (χ0) is 13.7. The molecule has 3 heteroatoms. The topological polar surface area (TPSA) is 37.4 Å². The minimum Gasteiger partial charge on any atom is -0.339 e. The summed E-state index contributed by atoms with van der Waals surface area (Å²) >= 11 is 0. The van der Waals surface area contributed by atoms with Crippen molar-refractivity contribution in [3.05, 3.63) is 34.9 Å². The summed E-state index contributed by atoms with van der Waals surface area (Å²) in [7, 11) is 1.80. The zero-order valence-corrected chi connectivity index (χ0v) is 11.6. The molecule has 1 atom stereocenters. The summed E-state index contributed by atoms with van der Waals surface area (Å²) in [6, 6.07) is 5.52. The third-order valence-corrected chi connectivity index (χ3v) is 3.33. The molecule has 0 fully saturated rings. The lowest BCUT2D eigenvalue weighted by Gasteiger charge is -2.26. The molecule has 18 heavy (non-hydrogen) atoms. The molecular weight excluding hydrogens is 226 g/mol. The Balaban J connectivity index is 3.07. The molecule has 0 radical (unpaired) electrons. The van der Waals surface area contributed by atoms with Crippen LogP contribution in [0, 0.1) is 6.92 Å². The number of carbonyl (C=O) groups excluding carboxylic acids is 2. The minimum absolute atomic E-state index is 0.0730. The second-order valence-corrected chi connectivity index (χ2v) is 4.71. The molecule has 0 aliphatic carbocycles. The van der Waals surface area contributed by atoms with Crippen molar-refractivity contribution in [3.63, 3.8) is 0 Å². The lowest BCUT2D eigenvalue weighted by Crippen LogP contribution is -2.35. The quantitative estimate of drug-likeness (QED) is 0.750. The molecule has 3 nitrogen and oxygen atoms in total. The molecule has 0 heterocycles. The van der Waals surface area contributed by atoms with Crippen molar-refractivity contribution in [2.75, 3.05) is 7.05 Å². The van der Waals surface area contributed by atoms with Gasteiger partial charge in [-0.2, -0.15) is 0 Å². The molecule has 1 unspecified atom stereocenters. The van der Waals surface area contributed by atoms with E-state index < -0.39 is 0 Å². The second-order valence-electron chi connectivity index (χ2n) is 4.71. The number of nitrogens with zero attached hydrogens (tertiary/aromatic N) is 1. The fraction of sp³-hybridized carbons (Fsp3) is 0.467. The highest BCUT2D eigenvalue weighted by Gasteiger charge is 2.21. The molecule has 0 spiro atoms. The van der Waals surface area contributed by atoms with Gasteiger partial charge in [0.05, 0.1) is 5.56 Å². The van der Waals surface area contributed by atoms with Crippen LogP contribution < -0.4 is 0 Å². The van der Waals surface area contributed by atoms with Gasteiger partial charge in [0.1, 0.15) is 0 Å². The number of hydrogen-bond acceptors (Lipinski definition) is 2. The van der Waals surface area contributed by atoms with E-state index in [0.717, 1.165) is 24.7 Å².